The van der Waals surface area contributed by atoms with Gasteiger partial charge in [-0.15, -0.1) is 0 Å². The number of nitrogens with zero attached hydrogens (tertiary/aromatic N) is 1. The molecule has 0 aromatic heterocycles. The number of hydrogen-bond donors (Lipinski definition) is 0. The van der Waals surface area contributed by atoms with Gasteiger partial charge in [0.2, 0.25) is 5.75 Å². The number of nitro groups is 1. The number of ether oxygens (including phenoxy) is 4. The maximum atomic E-state index is 11.9. The zero-order chi connectivity index (χ0) is 16.2. The minimum atomic E-state index is -0.890. The number of rotatable bonds is 6. The standard InChI is InChI=1S/C13H17NO7/c1-7(2)21-12-10(13(15)20-5)8(14(16)17)6-9(18-3)11(12)19-4/h6-7H,1-5H3. The quantitative estimate of drug-likeness (QED) is 0.451. The second-order valence-electron chi connectivity index (χ2n) is 4.25. The van der Waals surface area contributed by atoms with E-state index in [0.717, 1.165) is 13.2 Å². The van der Waals surface area contributed by atoms with Gasteiger partial charge in [-0.2, -0.15) is 0 Å². The molecule has 1 aromatic rings. The summed E-state index contributed by atoms with van der Waals surface area (Å²) in [6.07, 6.45) is -0.339. The summed E-state index contributed by atoms with van der Waals surface area (Å²) in [4.78, 5) is 22.4. The summed E-state index contributed by atoms with van der Waals surface area (Å²) in [6, 6.07) is 1.10. The molecule has 0 spiro atoms. The van der Waals surface area contributed by atoms with Crippen LogP contribution in [-0.4, -0.2) is 38.3 Å². The van der Waals surface area contributed by atoms with Crippen LogP contribution in [0.3, 0.4) is 0 Å². The van der Waals surface area contributed by atoms with E-state index in [1.165, 1.54) is 14.2 Å². The van der Waals surface area contributed by atoms with Crippen molar-refractivity contribution < 1.29 is 28.7 Å². The number of hydrogen-bond acceptors (Lipinski definition) is 7. The second kappa shape index (κ2) is 6.78. The number of carbonyl (C=O) groups is 1. The third-order valence-electron chi connectivity index (χ3n) is 2.54. The van der Waals surface area contributed by atoms with Gasteiger partial charge < -0.3 is 18.9 Å². The molecule has 0 heterocycles. The molecule has 0 aliphatic rings. The van der Waals surface area contributed by atoms with E-state index in [0.29, 0.717) is 0 Å². The monoisotopic (exact) mass is 299 g/mol. The van der Waals surface area contributed by atoms with Gasteiger partial charge in [-0.05, 0) is 13.8 Å². The van der Waals surface area contributed by atoms with Gasteiger partial charge in [0.15, 0.2) is 17.1 Å². The van der Waals surface area contributed by atoms with Gasteiger partial charge in [-0.1, -0.05) is 0 Å². The predicted molar refractivity (Wildman–Crippen MR) is 73.3 cm³/mol. The lowest BCUT2D eigenvalue weighted by molar-refractivity contribution is -0.385. The first-order valence-electron chi connectivity index (χ1n) is 6.05. The molecule has 0 saturated carbocycles. The van der Waals surface area contributed by atoms with Crippen molar-refractivity contribution >= 4 is 11.7 Å². The van der Waals surface area contributed by atoms with Crippen molar-refractivity contribution in [2.45, 2.75) is 20.0 Å². The molecular formula is C13H17NO7. The summed E-state index contributed by atoms with van der Waals surface area (Å²) in [5, 5.41) is 11.2. The van der Waals surface area contributed by atoms with Crippen molar-refractivity contribution in [2.24, 2.45) is 0 Å². The van der Waals surface area contributed by atoms with Gasteiger partial charge >= 0.3 is 5.97 Å². The number of nitro benzene ring substituents is 1. The van der Waals surface area contributed by atoms with E-state index in [9.17, 15) is 14.9 Å². The van der Waals surface area contributed by atoms with E-state index in [-0.39, 0.29) is 28.9 Å². The second-order valence-corrected chi connectivity index (χ2v) is 4.25. The van der Waals surface area contributed by atoms with Crippen LogP contribution in [-0.2, 0) is 4.74 Å². The third-order valence-corrected chi connectivity index (χ3v) is 2.54. The first-order valence-corrected chi connectivity index (χ1v) is 6.05. The highest BCUT2D eigenvalue weighted by atomic mass is 16.6. The molecule has 8 heteroatoms. The van der Waals surface area contributed by atoms with Crippen LogP contribution in [0.2, 0.25) is 0 Å². The number of esters is 1. The normalized spacial score (nSPS) is 10.2. The fourth-order valence-electron chi connectivity index (χ4n) is 1.74. The van der Waals surface area contributed by atoms with Crippen LogP contribution in [0.4, 0.5) is 5.69 Å². The highest BCUT2D eigenvalue weighted by molar-refractivity contribution is 5.98. The van der Waals surface area contributed by atoms with E-state index < -0.39 is 16.6 Å². The maximum Gasteiger partial charge on any atom is 0.348 e. The molecule has 8 nitrogen and oxygen atoms in total. The Hall–Kier alpha value is -2.51. The maximum absolute atomic E-state index is 11.9. The van der Waals surface area contributed by atoms with Gasteiger partial charge in [0, 0.05) is 0 Å². The van der Waals surface area contributed by atoms with Crippen molar-refractivity contribution in [1.29, 1.82) is 0 Å². The molecule has 21 heavy (non-hydrogen) atoms. The Morgan fingerprint density at radius 2 is 1.81 bits per heavy atom. The molecule has 0 bridgehead atoms. The fourth-order valence-corrected chi connectivity index (χ4v) is 1.74. The Kier molecular flexibility index (Phi) is 5.34. The van der Waals surface area contributed by atoms with Crippen molar-refractivity contribution in [3.05, 3.63) is 21.7 Å². The van der Waals surface area contributed by atoms with E-state index in [1.54, 1.807) is 13.8 Å². The van der Waals surface area contributed by atoms with Gasteiger partial charge in [-0.25, -0.2) is 4.79 Å². The summed E-state index contributed by atoms with van der Waals surface area (Å²) in [5.41, 5.74) is -0.788. The molecule has 1 aromatic carbocycles. The minimum Gasteiger partial charge on any atom is -0.492 e. The van der Waals surface area contributed by atoms with Gasteiger partial charge in [0.05, 0.1) is 38.4 Å². The summed E-state index contributed by atoms with van der Waals surface area (Å²) < 4.78 is 20.3. The van der Waals surface area contributed by atoms with Crippen LogP contribution in [0.25, 0.3) is 0 Å². The Morgan fingerprint density at radius 1 is 1.19 bits per heavy atom. The minimum absolute atomic E-state index is 0.0783. The summed E-state index contributed by atoms with van der Waals surface area (Å²) in [5.74, 6) is -0.784. The zero-order valence-electron chi connectivity index (χ0n) is 12.5. The van der Waals surface area contributed by atoms with Crippen LogP contribution in [0.15, 0.2) is 6.07 Å². The Labute approximate surface area is 121 Å². The molecule has 0 saturated heterocycles. The highest BCUT2D eigenvalue weighted by Crippen LogP contribution is 2.45. The lowest BCUT2D eigenvalue weighted by Gasteiger charge is -2.18. The van der Waals surface area contributed by atoms with Crippen LogP contribution in [0.1, 0.15) is 24.2 Å². The lowest BCUT2D eigenvalue weighted by Crippen LogP contribution is -2.14. The molecule has 0 N–H and O–H groups in total. The molecule has 0 radical (unpaired) electrons. The van der Waals surface area contributed by atoms with Gasteiger partial charge in [-0.3, -0.25) is 10.1 Å². The summed E-state index contributed by atoms with van der Waals surface area (Å²) in [7, 11) is 3.80. The molecule has 0 unspecified atom stereocenters. The molecular weight excluding hydrogens is 282 g/mol. The topological polar surface area (TPSA) is 97.1 Å². The first kappa shape index (κ1) is 16.5. The van der Waals surface area contributed by atoms with E-state index in [4.69, 9.17) is 14.2 Å². The van der Waals surface area contributed by atoms with Crippen molar-refractivity contribution in [3.63, 3.8) is 0 Å². The average molecular weight is 299 g/mol. The van der Waals surface area contributed by atoms with Crippen LogP contribution in [0.5, 0.6) is 17.2 Å². The predicted octanol–water partition coefficient (Wildman–Crippen LogP) is 2.19. The van der Waals surface area contributed by atoms with Gasteiger partial charge in [0.25, 0.3) is 5.69 Å². The lowest BCUT2D eigenvalue weighted by atomic mass is 10.1. The highest BCUT2D eigenvalue weighted by Gasteiger charge is 2.33. The third kappa shape index (κ3) is 3.33. The SMILES string of the molecule is COC(=O)c1c([N+](=O)[O-])cc(OC)c(OC)c1OC(C)C. The van der Waals surface area contributed by atoms with E-state index >= 15 is 0 Å². The zero-order valence-corrected chi connectivity index (χ0v) is 12.5. The van der Waals surface area contributed by atoms with E-state index in [2.05, 4.69) is 4.74 Å². The van der Waals surface area contributed by atoms with Crippen molar-refractivity contribution in [3.8, 4) is 17.2 Å². The summed E-state index contributed by atoms with van der Waals surface area (Å²) >= 11 is 0. The molecule has 0 aliphatic carbocycles. The van der Waals surface area contributed by atoms with E-state index in [1.807, 2.05) is 0 Å². The molecule has 0 fully saturated rings. The molecule has 0 aliphatic heterocycles. The smallest absolute Gasteiger partial charge is 0.348 e. The number of methoxy groups -OCH3 is 3. The molecule has 1 rings (SSSR count). The number of benzene rings is 1. The van der Waals surface area contributed by atoms with Crippen molar-refractivity contribution in [1.82, 2.24) is 0 Å². The van der Waals surface area contributed by atoms with Crippen LogP contribution in [0, 0.1) is 10.1 Å². The Balaban J connectivity index is 3.75. The molecule has 0 amide bonds. The largest absolute Gasteiger partial charge is 0.492 e. The average Bonchev–Trinajstić information content (AvgIpc) is 2.44. The summed E-state index contributed by atoms with van der Waals surface area (Å²) in [6.45, 7) is 3.43. The molecule has 0 atom stereocenters. The fraction of sp³-hybridized carbons (Fsp3) is 0.462. The Bertz CT molecular complexity index is 554. The van der Waals surface area contributed by atoms with Gasteiger partial charge in [0.1, 0.15) is 0 Å². The van der Waals surface area contributed by atoms with Crippen LogP contribution >= 0.6 is 0 Å². The Morgan fingerprint density at radius 3 is 2.19 bits per heavy atom. The van der Waals surface area contributed by atoms with Crippen LogP contribution < -0.4 is 14.2 Å². The molecule has 116 valence electrons. The first-order chi connectivity index (χ1) is 9.87. The number of carbonyl (C=O) groups excluding carboxylic acids is 1. The van der Waals surface area contributed by atoms with Crippen molar-refractivity contribution in [2.75, 3.05) is 21.3 Å².